The summed E-state index contributed by atoms with van der Waals surface area (Å²) in [5.74, 6) is 2.19. The fourth-order valence-electron chi connectivity index (χ4n) is 3.37. The number of amides is 1. The van der Waals surface area contributed by atoms with E-state index in [1.165, 1.54) is 7.11 Å². The molecule has 0 aliphatic rings. The van der Waals surface area contributed by atoms with Gasteiger partial charge in [0.2, 0.25) is 11.9 Å². The normalized spacial score (nSPS) is 10.5. The first-order valence-corrected chi connectivity index (χ1v) is 10.6. The minimum atomic E-state index is -0.410. The minimum Gasteiger partial charge on any atom is -0.465 e. The van der Waals surface area contributed by atoms with Crippen LogP contribution >= 0.6 is 0 Å². The molecule has 2 aromatic carbocycles. The monoisotopic (exact) mass is 446 g/mol. The van der Waals surface area contributed by atoms with Gasteiger partial charge in [0.1, 0.15) is 0 Å². The molecular formula is C25H26N4O4. The van der Waals surface area contributed by atoms with Crippen LogP contribution in [0.5, 0.6) is 0 Å². The van der Waals surface area contributed by atoms with Crippen molar-refractivity contribution in [2.24, 2.45) is 0 Å². The van der Waals surface area contributed by atoms with Crippen molar-refractivity contribution in [1.29, 1.82) is 0 Å². The molecule has 2 N–H and O–H groups in total. The smallest absolute Gasteiger partial charge is 0.337 e. The van der Waals surface area contributed by atoms with Gasteiger partial charge in [-0.3, -0.25) is 19.9 Å². The number of carbonyl (C=O) groups is 2. The first-order chi connectivity index (χ1) is 15.9. The second-order valence-electron chi connectivity index (χ2n) is 7.52. The van der Waals surface area contributed by atoms with Crippen LogP contribution in [0.25, 0.3) is 10.9 Å². The summed E-state index contributed by atoms with van der Waals surface area (Å²) in [6.07, 6.45) is 7.61. The standard InChI is InChI=1S/C25H26N4O4/c1-4-6-7-22(30)27-25-26-21-13-8-17(15-20(21)23(31)28-25)16-29(14-5-2)19-11-9-18(10-12-19)24(32)33-3/h2,8-13,15H,4,6-7,14,16H2,1,3H3,(H2,26,27,28,30,31). The zero-order valence-electron chi connectivity index (χ0n) is 18.7. The van der Waals surface area contributed by atoms with Crippen LogP contribution in [-0.4, -0.2) is 35.5 Å². The molecule has 0 aliphatic heterocycles. The van der Waals surface area contributed by atoms with E-state index in [0.717, 1.165) is 24.1 Å². The van der Waals surface area contributed by atoms with Crippen molar-refractivity contribution in [2.75, 3.05) is 23.9 Å². The van der Waals surface area contributed by atoms with E-state index in [0.29, 0.717) is 36.0 Å². The third kappa shape index (κ3) is 5.98. The van der Waals surface area contributed by atoms with Crippen LogP contribution in [0.3, 0.4) is 0 Å². The van der Waals surface area contributed by atoms with Crippen LogP contribution in [0.2, 0.25) is 0 Å². The van der Waals surface area contributed by atoms with Crippen molar-refractivity contribution in [1.82, 2.24) is 9.97 Å². The van der Waals surface area contributed by atoms with Crippen molar-refractivity contribution >= 4 is 34.4 Å². The number of hydrogen-bond donors (Lipinski definition) is 2. The maximum Gasteiger partial charge on any atom is 0.337 e. The number of terminal acetylenes is 1. The number of unbranched alkanes of at least 4 members (excludes halogenated alkanes) is 1. The van der Waals surface area contributed by atoms with E-state index < -0.39 is 5.97 Å². The lowest BCUT2D eigenvalue weighted by Gasteiger charge is -2.23. The van der Waals surface area contributed by atoms with Gasteiger partial charge in [-0.15, -0.1) is 6.42 Å². The van der Waals surface area contributed by atoms with E-state index in [-0.39, 0.29) is 17.4 Å². The van der Waals surface area contributed by atoms with Crippen LogP contribution in [0.15, 0.2) is 47.3 Å². The van der Waals surface area contributed by atoms with Crippen molar-refractivity contribution in [3.05, 3.63) is 63.9 Å². The number of anilines is 2. The highest BCUT2D eigenvalue weighted by Crippen LogP contribution is 2.20. The van der Waals surface area contributed by atoms with Crippen LogP contribution in [0.4, 0.5) is 11.6 Å². The van der Waals surface area contributed by atoms with Gasteiger partial charge >= 0.3 is 5.97 Å². The molecule has 3 rings (SSSR count). The fourth-order valence-corrected chi connectivity index (χ4v) is 3.37. The van der Waals surface area contributed by atoms with Gasteiger partial charge in [0.15, 0.2) is 0 Å². The van der Waals surface area contributed by atoms with Crippen LogP contribution < -0.4 is 15.8 Å². The number of H-pyrrole nitrogens is 1. The van der Waals surface area contributed by atoms with Crippen molar-refractivity contribution in [3.8, 4) is 12.3 Å². The molecule has 0 aliphatic carbocycles. The number of nitrogens with one attached hydrogen (secondary N) is 2. The summed E-state index contributed by atoms with van der Waals surface area (Å²) >= 11 is 0. The largest absolute Gasteiger partial charge is 0.465 e. The summed E-state index contributed by atoms with van der Waals surface area (Å²) < 4.78 is 4.73. The number of aromatic amines is 1. The molecule has 170 valence electrons. The van der Waals surface area contributed by atoms with E-state index >= 15 is 0 Å². The number of ether oxygens (including phenoxy) is 1. The third-order valence-electron chi connectivity index (χ3n) is 5.09. The molecule has 1 aromatic heterocycles. The van der Waals surface area contributed by atoms with Crippen molar-refractivity contribution < 1.29 is 14.3 Å². The molecule has 33 heavy (non-hydrogen) atoms. The molecule has 0 saturated heterocycles. The Bertz CT molecular complexity index is 1240. The lowest BCUT2D eigenvalue weighted by Crippen LogP contribution is -2.23. The molecule has 3 aromatic rings. The molecule has 0 radical (unpaired) electrons. The van der Waals surface area contributed by atoms with Gasteiger partial charge in [0.05, 0.1) is 30.1 Å². The number of nitrogens with zero attached hydrogens (tertiary/aromatic N) is 2. The zero-order chi connectivity index (χ0) is 23.8. The van der Waals surface area contributed by atoms with Crippen molar-refractivity contribution in [3.63, 3.8) is 0 Å². The molecule has 1 heterocycles. The molecule has 8 heteroatoms. The van der Waals surface area contributed by atoms with Gasteiger partial charge in [-0.2, -0.15) is 0 Å². The summed E-state index contributed by atoms with van der Waals surface area (Å²) in [6, 6.07) is 12.3. The second kappa shape index (κ2) is 11.0. The van der Waals surface area contributed by atoms with Gasteiger partial charge in [-0.25, -0.2) is 9.78 Å². The van der Waals surface area contributed by atoms with Gasteiger partial charge in [0, 0.05) is 18.7 Å². The Hall–Kier alpha value is -4.12. The number of benzene rings is 2. The lowest BCUT2D eigenvalue weighted by molar-refractivity contribution is -0.116. The number of carbonyl (C=O) groups excluding carboxylic acids is 2. The minimum absolute atomic E-state index is 0.140. The molecule has 0 unspecified atom stereocenters. The van der Waals surface area contributed by atoms with Crippen molar-refractivity contribution in [2.45, 2.75) is 32.7 Å². The Morgan fingerprint density at radius 2 is 1.97 bits per heavy atom. The first kappa shape index (κ1) is 23.5. The predicted molar refractivity (Wildman–Crippen MR) is 128 cm³/mol. The number of methoxy groups -OCH3 is 1. The maximum atomic E-state index is 12.6. The van der Waals surface area contributed by atoms with E-state index in [1.54, 1.807) is 36.4 Å². The molecule has 8 nitrogen and oxygen atoms in total. The van der Waals surface area contributed by atoms with Crippen LogP contribution in [0, 0.1) is 12.3 Å². The van der Waals surface area contributed by atoms with Gasteiger partial charge in [-0.1, -0.05) is 25.3 Å². The lowest BCUT2D eigenvalue weighted by atomic mass is 10.1. The van der Waals surface area contributed by atoms with E-state index in [2.05, 4.69) is 21.2 Å². The summed E-state index contributed by atoms with van der Waals surface area (Å²) in [7, 11) is 1.33. The highest BCUT2D eigenvalue weighted by Gasteiger charge is 2.12. The summed E-state index contributed by atoms with van der Waals surface area (Å²) in [4.78, 5) is 45.2. The Balaban J connectivity index is 1.82. The molecule has 0 saturated carbocycles. The number of hydrogen-bond acceptors (Lipinski definition) is 6. The number of aromatic nitrogens is 2. The number of rotatable bonds is 9. The molecular weight excluding hydrogens is 420 g/mol. The fraction of sp³-hybridized carbons (Fsp3) is 0.280. The Morgan fingerprint density at radius 3 is 2.64 bits per heavy atom. The highest BCUT2D eigenvalue weighted by molar-refractivity contribution is 5.90. The maximum absolute atomic E-state index is 12.6. The zero-order valence-corrected chi connectivity index (χ0v) is 18.7. The quantitative estimate of drug-likeness (QED) is 0.385. The molecule has 0 fully saturated rings. The number of fused-ring (bicyclic) bond motifs is 1. The van der Waals surface area contributed by atoms with Gasteiger partial charge < -0.3 is 9.64 Å². The van der Waals surface area contributed by atoms with Crippen LogP contribution in [0.1, 0.15) is 42.1 Å². The number of esters is 1. The Kier molecular flexibility index (Phi) is 7.82. The van der Waals surface area contributed by atoms with Gasteiger partial charge in [0.25, 0.3) is 5.56 Å². The molecule has 1 amide bonds. The average Bonchev–Trinajstić information content (AvgIpc) is 2.82. The second-order valence-corrected chi connectivity index (χ2v) is 7.52. The van der Waals surface area contributed by atoms with Crippen LogP contribution in [-0.2, 0) is 16.1 Å². The predicted octanol–water partition coefficient (Wildman–Crippen LogP) is 3.48. The summed E-state index contributed by atoms with van der Waals surface area (Å²) in [6.45, 7) is 2.79. The Labute approximate surface area is 192 Å². The average molecular weight is 447 g/mol. The van der Waals surface area contributed by atoms with Gasteiger partial charge in [-0.05, 0) is 48.4 Å². The van der Waals surface area contributed by atoms with E-state index in [9.17, 15) is 14.4 Å². The highest BCUT2D eigenvalue weighted by atomic mass is 16.5. The topological polar surface area (TPSA) is 104 Å². The van der Waals surface area contributed by atoms with E-state index in [4.69, 9.17) is 11.2 Å². The van der Waals surface area contributed by atoms with E-state index in [1.807, 2.05) is 17.9 Å². The third-order valence-corrected chi connectivity index (χ3v) is 5.09. The summed E-state index contributed by atoms with van der Waals surface area (Å²) in [5, 5.41) is 3.06. The molecule has 0 spiro atoms. The SMILES string of the molecule is C#CCN(Cc1ccc2nc(NC(=O)CCCC)[nH]c(=O)c2c1)c1ccc(C(=O)OC)cc1. The molecule has 0 bridgehead atoms. The summed E-state index contributed by atoms with van der Waals surface area (Å²) in [5.41, 5.74) is 2.29. The Morgan fingerprint density at radius 1 is 1.21 bits per heavy atom. The first-order valence-electron chi connectivity index (χ1n) is 10.6. The molecule has 0 atom stereocenters.